The van der Waals surface area contributed by atoms with Crippen molar-refractivity contribution in [2.24, 2.45) is 23.0 Å². The third-order valence-corrected chi connectivity index (χ3v) is 7.33. The van der Waals surface area contributed by atoms with Crippen LogP contribution in [-0.2, 0) is 9.53 Å². The number of nitrogens with two attached hydrogens (primary N) is 1. The topological polar surface area (TPSA) is 96.7 Å². The summed E-state index contributed by atoms with van der Waals surface area (Å²) in [7, 11) is 0. The van der Waals surface area contributed by atoms with Crippen LogP contribution in [0.1, 0.15) is 86.5 Å². The minimum absolute atomic E-state index is 0.0369. The molecule has 2 atom stereocenters. The quantitative estimate of drug-likeness (QED) is 0.430. The number of alkyl carbamates (subject to hydrolysis) is 1. The number of nitrogens with zero attached hydrogens (tertiary/aromatic N) is 1. The molecule has 8 heteroatoms. The smallest absolute Gasteiger partial charge is 0.407 e. The molecule has 0 spiro atoms. The molecule has 2 aliphatic rings. The first-order valence-corrected chi connectivity index (χ1v) is 13.1. The third kappa shape index (κ3) is 8.39. The zero-order valence-electron chi connectivity index (χ0n) is 21.5. The van der Waals surface area contributed by atoms with E-state index in [-0.39, 0.29) is 23.5 Å². The summed E-state index contributed by atoms with van der Waals surface area (Å²) in [6.45, 7) is 13.7. The predicted octanol–water partition coefficient (Wildman–Crippen LogP) is 3.99. The molecular weight excluding hydrogens is 436 g/mol. The van der Waals surface area contributed by atoms with Crippen LogP contribution in [-0.4, -0.2) is 59.2 Å². The summed E-state index contributed by atoms with van der Waals surface area (Å²) in [5, 5.41) is 6.21. The highest BCUT2D eigenvalue weighted by Gasteiger charge is 2.41. The standard InChI is InChI=1S/C25H46N4O3S/c1-16(2)14-25(5,6)21(28-24(31)32-17(3)4)23(33)29-13-7-8-20(29)22(30)27-15-18-9-11-19(26)12-10-18/h16-21H,7-15,26H2,1-6H3,(H,27,30)(H,28,31)/t18?,19?,20-,21+/m0/s1. The average Bonchev–Trinajstić information content (AvgIpc) is 3.19. The van der Waals surface area contributed by atoms with Crippen molar-refractivity contribution >= 4 is 29.2 Å². The molecule has 1 saturated heterocycles. The van der Waals surface area contributed by atoms with Gasteiger partial charge in [-0.05, 0) is 76.0 Å². The molecule has 190 valence electrons. The molecule has 0 aromatic rings. The number of hydrogen-bond acceptors (Lipinski definition) is 5. The van der Waals surface area contributed by atoms with Gasteiger partial charge in [0.1, 0.15) is 11.0 Å². The predicted molar refractivity (Wildman–Crippen MR) is 137 cm³/mol. The van der Waals surface area contributed by atoms with Crippen molar-refractivity contribution in [1.82, 2.24) is 15.5 Å². The van der Waals surface area contributed by atoms with Gasteiger partial charge < -0.3 is 26.0 Å². The minimum Gasteiger partial charge on any atom is -0.447 e. The van der Waals surface area contributed by atoms with Crippen LogP contribution in [0.3, 0.4) is 0 Å². The highest BCUT2D eigenvalue weighted by molar-refractivity contribution is 7.80. The lowest BCUT2D eigenvalue weighted by atomic mass is 9.77. The maximum atomic E-state index is 13.1. The monoisotopic (exact) mass is 482 g/mol. The Labute approximate surface area is 205 Å². The Kier molecular flexibility index (Phi) is 10.4. The van der Waals surface area contributed by atoms with E-state index in [2.05, 4.69) is 38.3 Å². The number of carbonyl (C=O) groups excluding carboxylic acids is 2. The Hall–Kier alpha value is -1.41. The van der Waals surface area contributed by atoms with Gasteiger partial charge in [-0.1, -0.05) is 39.9 Å². The second kappa shape index (κ2) is 12.3. The second-order valence-electron chi connectivity index (χ2n) is 11.3. The Balaban J connectivity index is 2.09. The van der Waals surface area contributed by atoms with Gasteiger partial charge in [-0.3, -0.25) is 4.79 Å². The van der Waals surface area contributed by atoms with Gasteiger partial charge in [-0.2, -0.15) is 0 Å². The minimum atomic E-state index is -0.468. The average molecular weight is 483 g/mol. The van der Waals surface area contributed by atoms with Gasteiger partial charge in [0, 0.05) is 19.1 Å². The summed E-state index contributed by atoms with van der Waals surface area (Å²) in [6.07, 6.45) is 6.09. The number of likely N-dealkylation sites (tertiary alicyclic amines) is 1. The first-order valence-electron chi connectivity index (χ1n) is 12.7. The van der Waals surface area contributed by atoms with Gasteiger partial charge in [-0.15, -0.1) is 0 Å². The Bertz CT molecular complexity index is 675. The van der Waals surface area contributed by atoms with Gasteiger partial charge in [0.05, 0.1) is 12.1 Å². The molecular formula is C25H46N4O3S. The van der Waals surface area contributed by atoms with Crippen LogP contribution in [0.4, 0.5) is 4.79 Å². The van der Waals surface area contributed by atoms with E-state index in [9.17, 15) is 9.59 Å². The molecule has 1 saturated carbocycles. The molecule has 1 aliphatic heterocycles. The van der Waals surface area contributed by atoms with E-state index >= 15 is 0 Å². The lowest BCUT2D eigenvalue weighted by Gasteiger charge is -2.40. The lowest BCUT2D eigenvalue weighted by Crippen LogP contribution is -2.58. The lowest BCUT2D eigenvalue weighted by molar-refractivity contribution is -0.124. The van der Waals surface area contributed by atoms with Crippen LogP contribution < -0.4 is 16.4 Å². The Morgan fingerprint density at radius 1 is 1.12 bits per heavy atom. The van der Waals surface area contributed by atoms with Crippen LogP contribution in [0.25, 0.3) is 0 Å². The van der Waals surface area contributed by atoms with Crippen molar-refractivity contribution in [3.8, 4) is 0 Å². The fraction of sp³-hybridized carbons (Fsp3) is 0.880. The maximum Gasteiger partial charge on any atom is 0.407 e. The van der Waals surface area contributed by atoms with E-state index in [1.165, 1.54) is 0 Å². The molecule has 33 heavy (non-hydrogen) atoms. The van der Waals surface area contributed by atoms with Crippen molar-refractivity contribution in [3.05, 3.63) is 0 Å². The van der Waals surface area contributed by atoms with Gasteiger partial charge in [0.2, 0.25) is 5.91 Å². The van der Waals surface area contributed by atoms with E-state index in [4.69, 9.17) is 22.7 Å². The number of rotatable bonds is 9. The van der Waals surface area contributed by atoms with Crippen LogP contribution in [0.5, 0.6) is 0 Å². The van der Waals surface area contributed by atoms with Crippen LogP contribution >= 0.6 is 12.2 Å². The van der Waals surface area contributed by atoms with E-state index in [0.29, 0.717) is 29.4 Å². The van der Waals surface area contributed by atoms with E-state index in [0.717, 1.165) is 51.5 Å². The summed E-state index contributed by atoms with van der Waals surface area (Å²) in [5.74, 6) is 0.977. The highest BCUT2D eigenvalue weighted by Crippen LogP contribution is 2.33. The van der Waals surface area contributed by atoms with Crippen molar-refractivity contribution in [2.75, 3.05) is 13.1 Å². The maximum absolute atomic E-state index is 13.1. The SMILES string of the molecule is CC(C)CC(C)(C)[C@H](NC(=O)OC(C)C)C(=S)N1CCC[C@H]1C(=O)NCC1CCC(N)CC1. The van der Waals surface area contributed by atoms with Crippen molar-refractivity contribution < 1.29 is 14.3 Å². The van der Waals surface area contributed by atoms with Crippen molar-refractivity contribution in [1.29, 1.82) is 0 Å². The fourth-order valence-corrected chi connectivity index (χ4v) is 5.95. The molecule has 1 aliphatic carbocycles. The third-order valence-electron chi connectivity index (χ3n) is 6.86. The summed E-state index contributed by atoms with van der Waals surface area (Å²) >= 11 is 5.95. The number of carbonyl (C=O) groups is 2. The van der Waals surface area contributed by atoms with Gasteiger partial charge in [0.25, 0.3) is 0 Å². The van der Waals surface area contributed by atoms with E-state index in [1.807, 2.05) is 18.7 Å². The normalized spacial score (nSPS) is 24.6. The molecule has 0 aromatic heterocycles. The largest absolute Gasteiger partial charge is 0.447 e. The van der Waals surface area contributed by atoms with Crippen molar-refractivity contribution in [3.63, 3.8) is 0 Å². The van der Waals surface area contributed by atoms with Gasteiger partial charge >= 0.3 is 6.09 Å². The number of hydrogen-bond donors (Lipinski definition) is 3. The van der Waals surface area contributed by atoms with E-state index in [1.54, 1.807) is 0 Å². The molecule has 7 nitrogen and oxygen atoms in total. The molecule has 2 fully saturated rings. The number of thiocarbonyl (C=S) groups is 1. The molecule has 1 heterocycles. The molecule has 0 aromatic carbocycles. The molecule has 0 bridgehead atoms. The molecule has 2 amide bonds. The summed E-state index contributed by atoms with van der Waals surface area (Å²) < 4.78 is 5.36. The summed E-state index contributed by atoms with van der Waals surface area (Å²) in [5.41, 5.74) is 5.73. The number of ether oxygens (including phenoxy) is 1. The van der Waals surface area contributed by atoms with Gasteiger partial charge in [0.15, 0.2) is 0 Å². The fourth-order valence-electron chi connectivity index (χ4n) is 5.35. The van der Waals surface area contributed by atoms with Crippen LogP contribution in [0.15, 0.2) is 0 Å². The Morgan fingerprint density at radius 2 is 1.76 bits per heavy atom. The number of amides is 2. The van der Waals surface area contributed by atoms with Crippen LogP contribution in [0.2, 0.25) is 0 Å². The zero-order valence-corrected chi connectivity index (χ0v) is 22.3. The highest BCUT2D eigenvalue weighted by atomic mass is 32.1. The van der Waals surface area contributed by atoms with Gasteiger partial charge in [-0.25, -0.2) is 4.79 Å². The van der Waals surface area contributed by atoms with Crippen molar-refractivity contribution in [2.45, 2.75) is 111 Å². The first kappa shape index (κ1) is 27.8. The molecule has 0 unspecified atom stereocenters. The molecule has 0 radical (unpaired) electrons. The molecule has 2 rings (SSSR count). The number of nitrogens with one attached hydrogen (secondary N) is 2. The summed E-state index contributed by atoms with van der Waals surface area (Å²) in [6, 6.07) is -0.376. The first-order chi connectivity index (χ1) is 15.4. The molecule has 4 N–H and O–H groups in total. The van der Waals surface area contributed by atoms with Crippen LogP contribution in [0, 0.1) is 17.3 Å². The Morgan fingerprint density at radius 3 is 2.33 bits per heavy atom. The van der Waals surface area contributed by atoms with E-state index < -0.39 is 12.1 Å². The zero-order chi connectivity index (χ0) is 24.8. The second-order valence-corrected chi connectivity index (χ2v) is 11.8. The summed E-state index contributed by atoms with van der Waals surface area (Å²) in [4.78, 5) is 28.3.